The normalized spacial score (nSPS) is 18.9. The van der Waals surface area contributed by atoms with Crippen LogP contribution in [0.5, 0.6) is 0 Å². The zero-order chi connectivity index (χ0) is 12.1. The lowest BCUT2D eigenvalue weighted by atomic mass is 10.1. The summed E-state index contributed by atoms with van der Waals surface area (Å²) >= 11 is 0. The Bertz CT molecular complexity index is 329. The Balaban J connectivity index is 2.01. The monoisotopic (exact) mass is 239 g/mol. The van der Waals surface area contributed by atoms with E-state index in [4.69, 9.17) is 0 Å². The molecule has 0 spiro atoms. The van der Waals surface area contributed by atoms with Crippen molar-refractivity contribution in [3.8, 4) is 0 Å². The fourth-order valence-corrected chi connectivity index (χ4v) is 2.35. The summed E-state index contributed by atoms with van der Waals surface area (Å²) in [5.74, 6) is -2.73. The molecule has 94 valence electrons. The van der Waals surface area contributed by atoms with E-state index >= 15 is 0 Å². The number of rotatable bonds is 3. The highest BCUT2D eigenvalue weighted by atomic mass is 19.3. The topological polar surface area (TPSA) is 3.24 Å². The molecule has 1 saturated heterocycles. The number of halogens is 2. The van der Waals surface area contributed by atoms with E-state index in [1.165, 1.54) is 25.0 Å². The van der Waals surface area contributed by atoms with E-state index in [0.29, 0.717) is 0 Å². The van der Waals surface area contributed by atoms with E-state index in [0.717, 1.165) is 25.9 Å². The number of benzene rings is 1. The summed E-state index contributed by atoms with van der Waals surface area (Å²) < 4.78 is 28.1. The molecule has 1 nitrogen and oxygen atoms in total. The number of alkyl halides is 2. The Hall–Kier alpha value is -0.960. The zero-order valence-corrected chi connectivity index (χ0v) is 10.0. The maximum Gasteiger partial charge on any atom is 0.285 e. The van der Waals surface area contributed by atoms with Gasteiger partial charge in [0.25, 0.3) is 5.92 Å². The molecule has 3 heteroatoms. The quantitative estimate of drug-likeness (QED) is 0.778. The van der Waals surface area contributed by atoms with Gasteiger partial charge in [0, 0.05) is 5.56 Å². The summed E-state index contributed by atoms with van der Waals surface area (Å²) in [5, 5.41) is 0. The highest BCUT2D eigenvalue weighted by molar-refractivity contribution is 5.20. The van der Waals surface area contributed by atoms with E-state index in [1.807, 2.05) is 4.90 Å². The Morgan fingerprint density at radius 1 is 0.941 bits per heavy atom. The fourth-order valence-electron chi connectivity index (χ4n) is 2.35. The molecule has 2 rings (SSSR count). The van der Waals surface area contributed by atoms with Gasteiger partial charge in [-0.2, -0.15) is 8.78 Å². The molecule has 1 aromatic carbocycles. The van der Waals surface area contributed by atoms with Crippen molar-refractivity contribution in [2.75, 3.05) is 19.6 Å². The highest BCUT2D eigenvalue weighted by Crippen LogP contribution is 2.29. The number of hydrogen-bond donors (Lipinski definition) is 0. The second-order valence-electron chi connectivity index (χ2n) is 4.76. The summed E-state index contributed by atoms with van der Waals surface area (Å²) in [4.78, 5) is 1.90. The average molecular weight is 239 g/mol. The van der Waals surface area contributed by atoms with Crippen LogP contribution in [-0.2, 0) is 5.92 Å². The maximum absolute atomic E-state index is 14.0. The van der Waals surface area contributed by atoms with Gasteiger partial charge in [-0.15, -0.1) is 0 Å². The molecule has 0 aromatic heterocycles. The van der Waals surface area contributed by atoms with Gasteiger partial charge in [-0.3, -0.25) is 4.90 Å². The Morgan fingerprint density at radius 3 is 2.12 bits per heavy atom. The minimum Gasteiger partial charge on any atom is -0.297 e. The largest absolute Gasteiger partial charge is 0.297 e. The fraction of sp³-hybridized carbons (Fsp3) is 0.571. The molecule has 1 aliphatic rings. The zero-order valence-electron chi connectivity index (χ0n) is 10.0. The summed E-state index contributed by atoms with van der Waals surface area (Å²) in [6.45, 7) is 1.47. The van der Waals surface area contributed by atoms with Crippen molar-refractivity contribution in [2.24, 2.45) is 0 Å². The second kappa shape index (κ2) is 5.58. The minimum absolute atomic E-state index is 0.129. The van der Waals surface area contributed by atoms with Crippen molar-refractivity contribution in [2.45, 2.75) is 31.6 Å². The van der Waals surface area contributed by atoms with Gasteiger partial charge in [0.05, 0.1) is 6.54 Å². The molecule has 0 unspecified atom stereocenters. The lowest BCUT2D eigenvalue weighted by Gasteiger charge is -2.26. The van der Waals surface area contributed by atoms with Crippen molar-refractivity contribution in [1.29, 1.82) is 0 Å². The van der Waals surface area contributed by atoms with E-state index in [-0.39, 0.29) is 12.1 Å². The predicted octanol–water partition coefficient (Wildman–Crippen LogP) is 3.65. The van der Waals surface area contributed by atoms with Crippen molar-refractivity contribution in [1.82, 2.24) is 4.90 Å². The Kier molecular flexibility index (Phi) is 4.11. The lowest BCUT2D eigenvalue weighted by molar-refractivity contribution is -0.0371. The first kappa shape index (κ1) is 12.5. The summed E-state index contributed by atoms with van der Waals surface area (Å²) in [7, 11) is 0. The van der Waals surface area contributed by atoms with Crippen LogP contribution >= 0.6 is 0 Å². The molecule has 0 aliphatic carbocycles. The molecule has 0 atom stereocenters. The number of likely N-dealkylation sites (tertiary alicyclic amines) is 1. The molecular formula is C14H19F2N. The van der Waals surface area contributed by atoms with E-state index < -0.39 is 5.92 Å². The SMILES string of the molecule is FC(F)(CN1CCCCCC1)c1ccccc1. The summed E-state index contributed by atoms with van der Waals surface area (Å²) in [6.07, 6.45) is 4.44. The first-order valence-electron chi connectivity index (χ1n) is 6.34. The standard InChI is InChI=1S/C14H19F2N/c15-14(16,13-8-4-3-5-9-13)12-17-10-6-1-2-7-11-17/h3-5,8-9H,1-2,6-7,10-12H2. The van der Waals surface area contributed by atoms with Crippen LogP contribution in [0.2, 0.25) is 0 Å². The minimum atomic E-state index is -2.73. The smallest absolute Gasteiger partial charge is 0.285 e. The van der Waals surface area contributed by atoms with Gasteiger partial charge in [0.1, 0.15) is 0 Å². The van der Waals surface area contributed by atoms with Gasteiger partial charge < -0.3 is 0 Å². The molecule has 0 bridgehead atoms. The van der Waals surface area contributed by atoms with Gasteiger partial charge in [0.2, 0.25) is 0 Å². The first-order valence-corrected chi connectivity index (χ1v) is 6.34. The predicted molar refractivity (Wildman–Crippen MR) is 65.2 cm³/mol. The maximum atomic E-state index is 14.0. The number of hydrogen-bond acceptors (Lipinski definition) is 1. The van der Waals surface area contributed by atoms with Crippen LogP contribution in [0, 0.1) is 0 Å². The third kappa shape index (κ3) is 3.50. The molecule has 0 radical (unpaired) electrons. The Labute approximate surface area is 101 Å². The van der Waals surface area contributed by atoms with Gasteiger partial charge in [0.15, 0.2) is 0 Å². The summed E-state index contributed by atoms with van der Waals surface area (Å²) in [5.41, 5.74) is 0.129. The average Bonchev–Trinajstić information content (AvgIpc) is 2.58. The van der Waals surface area contributed by atoms with E-state index in [2.05, 4.69) is 0 Å². The van der Waals surface area contributed by atoms with Crippen LogP contribution in [0.1, 0.15) is 31.2 Å². The van der Waals surface area contributed by atoms with Crippen LogP contribution in [0.3, 0.4) is 0 Å². The molecule has 0 amide bonds. The molecule has 0 N–H and O–H groups in total. The van der Waals surface area contributed by atoms with Crippen LogP contribution in [0.25, 0.3) is 0 Å². The van der Waals surface area contributed by atoms with Crippen LogP contribution < -0.4 is 0 Å². The van der Waals surface area contributed by atoms with Gasteiger partial charge in [-0.1, -0.05) is 43.2 Å². The summed E-state index contributed by atoms with van der Waals surface area (Å²) in [6, 6.07) is 8.14. The van der Waals surface area contributed by atoms with Crippen molar-refractivity contribution >= 4 is 0 Å². The molecule has 1 aromatic rings. The molecular weight excluding hydrogens is 220 g/mol. The molecule has 1 fully saturated rings. The molecule has 17 heavy (non-hydrogen) atoms. The second-order valence-corrected chi connectivity index (χ2v) is 4.76. The third-order valence-electron chi connectivity index (χ3n) is 3.32. The van der Waals surface area contributed by atoms with E-state index in [9.17, 15) is 8.78 Å². The van der Waals surface area contributed by atoms with Crippen molar-refractivity contribution in [3.63, 3.8) is 0 Å². The number of nitrogens with zero attached hydrogens (tertiary/aromatic N) is 1. The molecule has 0 saturated carbocycles. The van der Waals surface area contributed by atoms with E-state index in [1.54, 1.807) is 18.2 Å². The van der Waals surface area contributed by atoms with Crippen LogP contribution in [0.4, 0.5) is 8.78 Å². The third-order valence-corrected chi connectivity index (χ3v) is 3.32. The van der Waals surface area contributed by atoms with Gasteiger partial charge >= 0.3 is 0 Å². The lowest BCUT2D eigenvalue weighted by Crippen LogP contribution is -2.35. The first-order chi connectivity index (χ1) is 8.18. The van der Waals surface area contributed by atoms with Crippen molar-refractivity contribution < 1.29 is 8.78 Å². The van der Waals surface area contributed by atoms with Crippen LogP contribution in [0.15, 0.2) is 30.3 Å². The van der Waals surface area contributed by atoms with Crippen molar-refractivity contribution in [3.05, 3.63) is 35.9 Å². The van der Waals surface area contributed by atoms with Gasteiger partial charge in [-0.25, -0.2) is 0 Å². The van der Waals surface area contributed by atoms with Crippen LogP contribution in [-0.4, -0.2) is 24.5 Å². The Morgan fingerprint density at radius 2 is 1.53 bits per heavy atom. The molecule has 1 heterocycles. The molecule has 1 aliphatic heterocycles. The van der Waals surface area contributed by atoms with Gasteiger partial charge in [-0.05, 0) is 25.9 Å². The highest BCUT2D eigenvalue weighted by Gasteiger charge is 2.33.